The van der Waals surface area contributed by atoms with E-state index in [9.17, 15) is 17.6 Å². The second-order valence-corrected chi connectivity index (χ2v) is 9.92. The molecule has 1 saturated heterocycles. The van der Waals surface area contributed by atoms with Gasteiger partial charge in [0.1, 0.15) is 5.83 Å². The van der Waals surface area contributed by atoms with E-state index in [1.165, 1.54) is 17.4 Å². The molecule has 28 heavy (non-hydrogen) atoms. The highest BCUT2D eigenvalue weighted by Gasteiger charge is 2.25. The molecule has 1 fully saturated rings. The molecule has 0 N–H and O–H groups in total. The second-order valence-electron chi connectivity index (χ2n) is 6.88. The van der Waals surface area contributed by atoms with E-state index in [0.717, 1.165) is 4.70 Å². The lowest BCUT2D eigenvalue weighted by Gasteiger charge is -2.26. The van der Waals surface area contributed by atoms with Gasteiger partial charge >= 0.3 is 0 Å². The SMILES string of the molecule is O=C(c1cc2c(S(=O)(=O)CC3=CC=C(F)CC3)cccc2s1)N1CCOCC1. The zero-order valence-electron chi connectivity index (χ0n) is 15.2. The fourth-order valence-electron chi connectivity index (χ4n) is 3.43. The van der Waals surface area contributed by atoms with E-state index in [1.807, 2.05) is 6.07 Å². The van der Waals surface area contributed by atoms with Gasteiger partial charge in [-0.05, 0) is 30.7 Å². The molecule has 2 heterocycles. The maximum Gasteiger partial charge on any atom is 0.264 e. The molecular formula is C20H20FNO4S2. The fourth-order valence-corrected chi connectivity index (χ4v) is 6.22. The molecule has 5 nitrogen and oxygen atoms in total. The summed E-state index contributed by atoms with van der Waals surface area (Å²) in [6, 6.07) is 6.78. The summed E-state index contributed by atoms with van der Waals surface area (Å²) in [5, 5.41) is 0.572. The van der Waals surface area contributed by atoms with Crippen LogP contribution in [0.15, 0.2) is 52.7 Å². The summed E-state index contributed by atoms with van der Waals surface area (Å²) in [7, 11) is -3.60. The van der Waals surface area contributed by atoms with Crippen LogP contribution in [-0.4, -0.2) is 51.3 Å². The summed E-state index contributed by atoms with van der Waals surface area (Å²) in [5.74, 6) is -0.464. The molecule has 0 saturated carbocycles. The molecule has 4 rings (SSSR count). The monoisotopic (exact) mass is 421 g/mol. The van der Waals surface area contributed by atoms with Gasteiger partial charge in [-0.25, -0.2) is 12.8 Å². The van der Waals surface area contributed by atoms with Gasteiger partial charge in [-0.15, -0.1) is 11.3 Å². The average Bonchev–Trinajstić information content (AvgIpc) is 3.14. The number of nitrogens with zero attached hydrogens (tertiary/aromatic N) is 1. The quantitative estimate of drug-likeness (QED) is 0.755. The normalized spacial score (nSPS) is 18.1. The van der Waals surface area contributed by atoms with Crippen molar-refractivity contribution >= 4 is 37.2 Å². The Morgan fingerprint density at radius 1 is 1.18 bits per heavy atom. The number of allylic oxidation sites excluding steroid dienone is 3. The number of fused-ring (bicyclic) bond motifs is 1. The third kappa shape index (κ3) is 3.90. The zero-order chi connectivity index (χ0) is 19.7. The van der Waals surface area contributed by atoms with Crippen LogP contribution < -0.4 is 0 Å². The first kappa shape index (κ1) is 19.3. The van der Waals surface area contributed by atoms with Crippen LogP contribution in [0.2, 0.25) is 0 Å². The molecule has 1 aliphatic carbocycles. The van der Waals surface area contributed by atoms with Crippen LogP contribution in [0.5, 0.6) is 0 Å². The number of thiophene rings is 1. The van der Waals surface area contributed by atoms with Gasteiger partial charge in [-0.2, -0.15) is 0 Å². The van der Waals surface area contributed by atoms with Crippen LogP contribution in [0.3, 0.4) is 0 Å². The van der Waals surface area contributed by atoms with Gasteiger partial charge in [0.25, 0.3) is 5.91 Å². The lowest BCUT2D eigenvalue weighted by molar-refractivity contribution is 0.0306. The molecule has 0 spiro atoms. The Hall–Kier alpha value is -2.03. The van der Waals surface area contributed by atoms with Crippen LogP contribution in [0, 0.1) is 0 Å². The lowest BCUT2D eigenvalue weighted by Crippen LogP contribution is -2.40. The summed E-state index contributed by atoms with van der Waals surface area (Å²) < 4.78 is 45.3. The minimum Gasteiger partial charge on any atom is -0.378 e. The molecule has 2 aliphatic rings. The minimum absolute atomic E-state index is 0.0940. The number of halogens is 1. The van der Waals surface area contributed by atoms with Crippen molar-refractivity contribution in [3.05, 3.63) is 52.7 Å². The summed E-state index contributed by atoms with van der Waals surface area (Å²) in [4.78, 5) is 15.2. The van der Waals surface area contributed by atoms with E-state index in [1.54, 1.807) is 29.2 Å². The molecule has 1 aromatic carbocycles. The van der Waals surface area contributed by atoms with E-state index in [2.05, 4.69) is 0 Å². The Balaban J connectivity index is 1.66. The summed E-state index contributed by atoms with van der Waals surface area (Å²) in [5.41, 5.74) is 0.693. The van der Waals surface area contributed by atoms with Crippen molar-refractivity contribution in [1.82, 2.24) is 4.90 Å². The van der Waals surface area contributed by atoms with Crippen LogP contribution in [0.4, 0.5) is 4.39 Å². The van der Waals surface area contributed by atoms with Gasteiger partial charge in [0.2, 0.25) is 0 Å². The molecule has 2 aromatic rings. The predicted octanol–water partition coefficient (Wildman–Crippen LogP) is 3.72. The highest BCUT2D eigenvalue weighted by molar-refractivity contribution is 7.91. The first-order valence-corrected chi connectivity index (χ1v) is 11.6. The first-order chi connectivity index (χ1) is 13.4. The minimum atomic E-state index is -3.60. The van der Waals surface area contributed by atoms with Gasteiger partial charge in [0.05, 0.1) is 28.7 Å². The Morgan fingerprint density at radius 2 is 1.96 bits per heavy atom. The topological polar surface area (TPSA) is 63.7 Å². The maximum atomic E-state index is 13.2. The van der Waals surface area contributed by atoms with Crippen LogP contribution in [0.25, 0.3) is 10.1 Å². The zero-order valence-corrected chi connectivity index (χ0v) is 16.8. The van der Waals surface area contributed by atoms with Gasteiger partial charge in [0.15, 0.2) is 9.84 Å². The van der Waals surface area contributed by atoms with E-state index in [4.69, 9.17) is 4.74 Å². The van der Waals surface area contributed by atoms with E-state index in [-0.39, 0.29) is 28.8 Å². The molecule has 0 atom stereocenters. The number of rotatable bonds is 4. The number of carbonyl (C=O) groups is 1. The molecule has 0 bridgehead atoms. The maximum absolute atomic E-state index is 13.2. The Bertz CT molecular complexity index is 1080. The van der Waals surface area contributed by atoms with Crippen molar-refractivity contribution in [2.24, 2.45) is 0 Å². The van der Waals surface area contributed by atoms with Crippen LogP contribution in [-0.2, 0) is 14.6 Å². The largest absolute Gasteiger partial charge is 0.378 e. The molecule has 1 aromatic heterocycles. The Labute approximate surface area is 167 Å². The molecule has 0 unspecified atom stereocenters. The van der Waals surface area contributed by atoms with Gasteiger partial charge in [0, 0.05) is 29.6 Å². The third-order valence-corrected chi connectivity index (χ3v) is 7.79. The number of carbonyl (C=O) groups excluding carboxylic acids is 1. The number of morpholine rings is 1. The predicted molar refractivity (Wildman–Crippen MR) is 107 cm³/mol. The van der Waals surface area contributed by atoms with E-state index >= 15 is 0 Å². The van der Waals surface area contributed by atoms with Crippen molar-refractivity contribution in [3.8, 4) is 0 Å². The first-order valence-electron chi connectivity index (χ1n) is 9.10. The van der Waals surface area contributed by atoms with E-state index in [0.29, 0.717) is 48.6 Å². The van der Waals surface area contributed by atoms with Crippen molar-refractivity contribution in [2.45, 2.75) is 17.7 Å². The van der Waals surface area contributed by atoms with Crippen molar-refractivity contribution < 1.29 is 22.3 Å². The Morgan fingerprint density at radius 3 is 2.68 bits per heavy atom. The second kappa shape index (κ2) is 7.77. The smallest absolute Gasteiger partial charge is 0.264 e. The van der Waals surface area contributed by atoms with Gasteiger partial charge in [-0.1, -0.05) is 17.7 Å². The molecule has 148 valence electrons. The molecule has 1 aliphatic heterocycles. The number of sulfone groups is 1. The molecule has 8 heteroatoms. The van der Waals surface area contributed by atoms with Crippen molar-refractivity contribution in [3.63, 3.8) is 0 Å². The summed E-state index contributed by atoms with van der Waals surface area (Å²) in [6.07, 6.45) is 3.53. The molecule has 1 amide bonds. The Kier molecular flexibility index (Phi) is 5.35. The summed E-state index contributed by atoms with van der Waals surface area (Å²) in [6.45, 7) is 2.10. The average molecular weight is 422 g/mol. The standard InChI is InChI=1S/C20H20FNO4S2/c21-15-6-4-14(5-7-15)13-28(24,25)19-3-1-2-17-16(19)12-18(27-17)20(23)22-8-10-26-11-9-22/h1-4,6,12H,5,7-11,13H2. The van der Waals surface area contributed by atoms with Crippen molar-refractivity contribution in [2.75, 3.05) is 32.1 Å². The number of benzene rings is 1. The molecule has 0 radical (unpaired) electrons. The number of hydrogen-bond acceptors (Lipinski definition) is 5. The highest BCUT2D eigenvalue weighted by atomic mass is 32.2. The summed E-state index contributed by atoms with van der Waals surface area (Å²) >= 11 is 1.31. The van der Waals surface area contributed by atoms with Crippen LogP contribution in [0.1, 0.15) is 22.5 Å². The van der Waals surface area contributed by atoms with Crippen LogP contribution >= 0.6 is 11.3 Å². The number of hydrogen-bond donors (Lipinski definition) is 0. The van der Waals surface area contributed by atoms with Crippen molar-refractivity contribution in [1.29, 1.82) is 0 Å². The third-order valence-electron chi connectivity index (χ3n) is 4.93. The molecular weight excluding hydrogens is 401 g/mol. The number of ether oxygens (including phenoxy) is 1. The highest BCUT2D eigenvalue weighted by Crippen LogP contribution is 2.33. The van der Waals surface area contributed by atoms with E-state index < -0.39 is 9.84 Å². The lowest BCUT2D eigenvalue weighted by atomic mass is 10.1. The van der Waals surface area contributed by atoms with Gasteiger partial charge in [-0.3, -0.25) is 4.79 Å². The number of amides is 1. The van der Waals surface area contributed by atoms with Gasteiger partial charge < -0.3 is 9.64 Å². The fraction of sp³-hybridized carbons (Fsp3) is 0.350.